The number of amides is 1. The number of anilines is 1. The topological polar surface area (TPSA) is 64.3 Å². The lowest BCUT2D eigenvalue weighted by molar-refractivity contribution is -0.123. The first-order chi connectivity index (χ1) is 7.99. The summed E-state index contributed by atoms with van der Waals surface area (Å²) in [6.07, 6.45) is 0. The molecule has 0 aliphatic heterocycles. The van der Waals surface area contributed by atoms with E-state index in [4.69, 9.17) is 22.1 Å². The Labute approximate surface area is 106 Å². The van der Waals surface area contributed by atoms with Gasteiger partial charge >= 0.3 is 0 Å². The minimum absolute atomic E-state index is 0.0209. The van der Waals surface area contributed by atoms with Crippen LogP contribution >= 0.6 is 11.6 Å². The highest BCUT2D eigenvalue weighted by atomic mass is 35.5. The van der Waals surface area contributed by atoms with Crippen molar-refractivity contribution < 1.29 is 9.53 Å². The van der Waals surface area contributed by atoms with Gasteiger partial charge in [0, 0.05) is 12.6 Å². The third-order valence-electron chi connectivity index (χ3n) is 2.05. The molecule has 1 aromatic rings. The molecule has 1 aromatic carbocycles. The molecule has 0 spiro atoms. The molecule has 5 heteroatoms. The number of carbonyl (C=O) groups is 1. The number of carbonyl (C=O) groups excluding carboxylic acids is 1. The van der Waals surface area contributed by atoms with Crippen molar-refractivity contribution in [3.05, 3.63) is 23.2 Å². The standard InChI is InChI=1S/C12H17ClN2O2/c1-8(2)6-15-12(16)7-17-9-3-4-11(14)10(13)5-9/h3-5,8H,6-7,14H2,1-2H3,(H,15,16). The van der Waals surface area contributed by atoms with Gasteiger partial charge in [0.25, 0.3) is 5.91 Å². The molecule has 1 amide bonds. The Bertz CT molecular complexity index is 394. The van der Waals surface area contributed by atoms with Gasteiger partial charge in [-0.2, -0.15) is 0 Å². The molecule has 4 nitrogen and oxygen atoms in total. The van der Waals surface area contributed by atoms with Crippen LogP contribution < -0.4 is 15.8 Å². The van der Waals surface area contributed by atoms with Crippen LogP contribution in [-0.4, -0.2) is 19.1 Å². The Hall–Kier alpha value is -1.42. The summed E-state index contributed by atoms with van der Waals surface area (Å²) in [5.41, 5.74) is 6.05. The van der Waals surface area contributed by atoms with Gasteiger partial charge in [0.05, 0.1) is 10.7 Å². The minimum Gasteiger partial charge on any atom is -0.484 e. The summed E-state index contributed by atoms with van der Waals surface area (Å²) in [5, 5.41) is 3.18. The first-order valence-electron chi connectivity index (χ1n) is 5.43. The number of rotatable bonds is 5. The zero-order valence-corrected chi connectivity index (χ0v) is 10.8. The number of benzene rings is 1. The molecule has 0 radical (unpaired) electrons. The number of hydrogen-bond donors (Lipinski definition) is 2. The Morgan fingerprint density at radius 2 is 2.24 bits per heavy atom. The fourth-order valence-corrected chi connectivity index (χ4v) is 1.29. The number of hydrogen-bond acceptors (Lipinski definition) is 3. The lowest BCUT2D eigenvalue weighted by Crippen LogP contribution is -2.31. The predicted octanol–water partition coefficient (Wildman–Crippen LogP) is 2.07. The maximum atomic E-state index is 11.4. The van der Waals surface area contributed by atoms with Gasteiger partial charge in [-0.1, -0.05) is 25.4 Å². The van der Waals surface area contributed by atoms with Crippen LogP contribution in [0.1, 0.15) is 13.8 Å². The van der Waals surface area contributed by atoms with Crippen LogP contribution in [0.25, 0.3) is 0 Å². The van der Waals surface area contributed by atoms with Crippen LogP contribution in [0.5, 0.6) is 5.75 Å². The normalized spacial score (nSPS) is 10.4. The molecule has 0 bridgehead atoms. The number of halogens is 1. The van der Waals surface area contributed by atoms with Crippen LogP contribution in [0.15, 0.2) is 18.2 Å². The van der Waals surface area contributed by atoms with E-state index in [1.807, 2.05) is 13.8 Å². The molecule has 0 fully saturated rings. The number of nitrogens with one attached hydrogen (secondary N) is 1. The van der Waals surface area contributed by atoms with Gasteiger partial charge in [0.1, 0.15) is 5.75 Å². The molecule has 0 aliphatic rings. The molecule has 0 aromatic heterocycles. The molecule has 3 N–H and O–H groups in total. The second kappa shape index (κ2) is 6.35. The second-order valence-corrected chi connectivity index (χ2v) is 4.58. The van der Waals surface area contributed by atoms with Gasteiger partial charge in [-0.15, -0.1) is 0 Å². The van der Waals surface area contributed by atoms with Gasteiger partial charge in [-0.05, 0) is 18.1 Å². The highest BCUT2D eigenvalue weighted by Gasteiger charge is 2.04. The van der Waals surface area contributed by atoms with E-state index in [9.17, 15) is 4.79 Å². The number of ether oxygens (including phenoxy) is 1. The van der Waals surface area contributed by atoms with Crippen molar-refractivity contribution in [1.29, 1.82) is 0 Å². The quantitative estimate of drug-likeness (QED) is 0.793. The molecular weight excluding hydrogens is 240 g/mol. The predicted molar refractivity (Wildman–Crippen MR) is 69.2 cm³/mol. The maximum absolute atomic E-state index is 11.4. The highest BCUT2D eigenvalue weighted by Crippen LogP contribution is 2.23. The largest absolute Gasteiger partial charge is 0.484 e. The minimum atomic E-state index is -0.147. The van der Waals surface area contributed by atoms with Crippen molar-refractivity contribution in [3.63, 3.8) is 0 Å². The van der Waals surface area contributed by atoms with Crippen LogP contribution in [0.3, 0.4) is 0 Å². The van der Waals surface area contributed by atoms with Crippen molar-refractivity contribution >= 4 is 23.2 Å². The van der Waals surface area contributed by atoms with E-state index in [1.165, 1.54) is 0 Å². The van der Waals surface area contributed by atoms with Crippen LogP contribution in [0, 0.1) is 5.92 Å². The second-order valence-electron chi connectivity index (χ2n) is 4.17. The van der Waals surface area contributed by atoms with Gasteiger partial charge in [-0.3, -0.25) is 4.79 Å². The van der Waals surface area contributed by atoms with Crippen molar-refractivity contribution in [2.24, 2.45) is 5.92 Å². The zero-order valence-electron chi connectivity index (χ0n) is 10.00. The molecule has 0 aliphatic carbocycles. The SMILES string of the molecule is CC(C)CNC(=O)COc1ccc(N)c(Cl)c1. The lowest BCUT2D eigenvalue weighted by Gasteiger charge is -2.09. The molecule has 0 saturated heterocycles. The molecule has 0 saturated carbocycles. The monoisotopic (exact) mass is 256 g/mol. The summed E-state index contributed by atoms with van der Waals surface area (Å²) < 4.78 is 5.28. The average molecular weight is 257 g/mol. The Kier molecular flexibility index (Phi) is 5.10. The average Bonchev–Trinajstić information content (AvgIpc) is 2.28. The van der Waals surface area contributed by atoms with E-state index in [-0.39, 0.29) is 12.5 Å². The van der Waals surface area contributed by atoms with E-state index in [1.54, 1.807) is 18.2 Å². The van der Waals surface area contributed by atoms with Gasteiger partial charge < -0.3 is 15.8 Å². The summed E-state index contributed by atoms with van der Waals surface area (Å²) in [4.78, 5) is 11.4. The van der Waals surface area contributed by atoms with Gasteiger partial charge in [-0.25, -0.2) is 0 Å². The third-order valence-corrected chi connectivity index (χ3v) is 2.38. The molecule has 0 atom stereocenters. The Morgan fingerprint density at radius 1 is 1.53 bits per heavy atom. The van der Waals surface area contributed by atoms with Crippen molar-refractivity contribution in [3.8, 4) is 5.75 Å². The van der Waals surface area contributed by atoms with Gasteiger partial charge in [0.15, 0.2) is 6.61 Å². The van der Waals surface area contributed by atoms with E-state index in [0.717, 1.165) is 0 Å². The van der Waals surface area contributed by atoms with Crippen molar-refractivity contribution in [1.82, 2.24) is 5.32 Å². The third kappa shape index (κ3) is 4.95. The number of nitrogen functional groups attached to an aromatic ring is 1. The Morgan fingerprint density at radius 3 is 2.82 bits per heavy atom. The fourth-order valence-electron chi connectivity index (χ4n) is 1.12. The maximum Gasteiger partial charge on any atom is 0.257 e. The molecule has 0 unspecified atom stereocenters. The summed E-state index contributed by atoms with van der Waals surface area (Å²) in [6.45, 7) is 4.68. The van der Waals surface area contributed by atoms with E-state index in [2.05, 4.69) is 5.32 Å². The van der Waals surface area contributed by atoms with Crippen molar-refractivity contribution in [2.45, 2.75) is 13.8 Å². The lowest BCUT2D eigenvalue weighted by atomic mass is 10.2. The van der Waals surface area contributed by atoms with Crippen LogP contribution in [0.2, 0.25) is 5.02 Å². The van der Waals surface area contributed by atoms with E-state index >= 15 is 0 Å². The smallest absolute Gasteiger partial charge is 0.257 e. The summed E-state index contributed by atoms with van der Waals surface area (Å²) in [6, 6.07) is 4.91. The summed E-state index contributed by atoms with van der Waals surface area (Å²) in [5.74, 6) is 0.806. The fraction of sp³-hybridized carbons (Fsp3) is 0.417. The Balaban J connectivity index is 2.39. The molecule has 17 heavy (non-hydrogen) atoms. The van der Waals surface area contributed by atoms with E-state index < -0.39 is 0 Å². The van der Waals surface area contributed by atoms with Crippen molar-refractivity contribution in [2.75, 3.05) is 18.9 Å². The summed E-state index contributed by atoms with van der Waals surface area (Å²) in [7, 11) is 0. The first kappa shape index (κ1) is 13.6. The first-order valence-corrected chi connectivity index (χ1v) is 5.81. The molecule has 94 valence electrons. The zero-order chi connectivity index (χ0) is 12.8. The number of nitrogens with two attached hydrogens (primary N) is 1. The van der Waals surface area contributed by atoms with E-state index in [0.29, 0.717) is 28.9 Å². The van der Waals surface area contributed by atoms with Crippen LogP contribution in [-0.2, 0) is 4.79 Å². The summed E-state index contributed by atoms with van der Waals surface area (Å²) >= 11 is 5.83. The molecular formula is C12H17ClN2O2. The van der Waals surface area contributed by atoms with Crippen LogP contribution in [0.4, 0.5) is 5.69 Å². The molecule has 1 rings (SSSR count). The van der Waals surface area contributed by atoms with Gasteiger partial charge in [0.2, 0.25) is 0 Å². The molecule has 0 heterocycles. The highest BCUT2D eigenvalue weighted by molar-refractivity contribution is 6.33.